The highest BCUT2D eigenvalue weighted by molar-refractivity contribution is 5.82. The Morgan fingerprint density at radius 1 is 0.295 bits per heavy atom. The summed E-state index contributed by atoms with van der Waals surface area (Å²) in [6.45, 7) is 39.1. The normalized spacial score (nSPS) is 29.8. The third-order valence-corrected chi connectivity index (χ3v) is 13.0. The Balaban J connectivity index is 2.03. The molecule has 0 bridgehead atoms. The predicted octanol–water partition coefficient (Wildman–Crippen LogP) is 13.2. The van der Waals surface area contributed by atoms with Gasteiger partial charge in [0.1, 0.15) is 0 Å². The maximum absolute atomic E-state index is 3.99. The second-order valence-electron chi connectivity index (χ2n) is 20.6. The first-order valence-corrected chi connectivity index (χ1v) is 17.8. The van der Waals surface area contributed by atoms with Crippen molar-refractivity contribution in [2.24, 2.45) is 43.3 Å². The molecule has 5 aliphatic carbocycles. The molecular formula is C44H64. The first kappa shape index (κ1) is 33.4. The van der Waals surface area contributed by atoms with Crippen LogP contribution in [0.1, 0.15) is 162 Å². The molecular weight excluding hydrogens is 528 g/mol. The van der Waals surface area contributed by atoms with Crippen molar-refractivity contribution in [3.63, 3.8) is 0 Å². The molecule has 0 amide bonds. The maximum Gasteiger partial charge on any atom is 0.0419 e. The highest BCUT2D eigenvalue weighted by Crippen LogP contribution is 2.65. The van der Waals surface area contributed by atoms with E-state index in [2.05, 4.69) is 134 Å². The van der Waals surface area contributed by atoms with Crippen molar-refractivity contribution in [1.82, 2.24) is 0 Å². The Bertz CT molecular complexity index is 1350. The van der Waals surface area contributed by atoms with E-state index in [0.29, 0.717) is 0 Å². The summed E-state index contributed by atoms with van der Waals surface area (Å²) in [6.07, 6.45) is 9.75. The first-order valence-electron chi connectivity index (χ1n) is 17.8. The third-order valence-electron chi connectivity index (χ3n) is 13.0. The van der Waals surface area contributed by atoms with Crippen molar-refractivity contribution in [1.29, 1.82) is 0 Å². The van der Waals surface area contributed by atoms with E-state index < -0.39 is 0 Å². The zero-order chi connectivity index (χ0) is 33.1. The lowest BCUT2D eigenvalue weighted by molar-refractivity contribution is 0.430. The van der Waals surface area contributed by atoms with E-state index >= 15 is 0 Å². The molecule has 0 heterocycles. The van der Waals surface area contributed by atoms with Crippen LogP contribution in [0.4, 0.5) is 0 Å². The molecule has 5 saturated carbocycles. The van der Waals surface area contributed by atoms with E-state index in [4.69, 9.17) is 0 Å². The minimum Gasteiger partial charge on any atom is -0.0693 e. The number of allylic oxidation sites excluding steroid dienone is 8. The lowest BCUT2D eigenvalue weighted by Crippen LogP contribution is -2.30. The molecule has 0 spiro atoms. The third kappa shape index (κ3) is 5.24. The fourth-order valence-corrected chi connectivity index (χ4v) is 10.6. The molecule has 0 atom stereocenters. The van der Waals surface area contributed by atoms with Crippen molar-refractivity contribution in [2.75, 3.05) is 0 Å². The zero-order valence-corrected chi connectivity index (χ0v) is 31.7. The van der Waals surface area contributed by atoms with Crippen LogP contribution in [0, 0.1) is 43.3 Å². The van der Waals surface area contributed by atoms with Crippen LogP contribution in [0.25, 0.3) is 0 Å². The second-order valence-corrected chi connectivity index (χ2v) is 20.6. The summed E-state index contributed by atoms with van der Waals surface area (Å²) in [5.74, 6) is 0. The molecule has 0 aromatic heterocycles. The maximum atomic E-state index is 3.99. The van der Waals surface area contributed by atoms with E-state index in [-0.39, 0.29) is 43.3 Å². The molecule has 0 aromatic rings. The molecule has 0 unspecified atom stereocenters. The molecule has 0 radical (unpaired) electrons. The fourth-order valence-electron chi connectivity index (χ4n) is 10.6. The largest absolute Gasteiger partial charge is 0.0693 e. The predicted molar refractivity (Wildman–Crippen MR) is 189 cm³/mol. The van der Waals surface area contributed by atoms with Crippen LogP contribution in [0.5, 0.6) is 0 Å². The molecule has 0 saturated heterocycles. The fraction of sp³-hybridized carbons (Fsp3) is 0.727. The van der Waals surface area contributed by atoms with Crippen molar-refractivity contribution in [3.8, 4) is 0 Å². The first-order chi connectivity index (χ1) is 19.8. The van der Waals surface area contributed by atoms with Crippen molar-refractivity contribution in [3.05, 3.63) is 67.5 Å². The van der Waals surface area contributed by atoms with Crippen LogP contribution in [0.3, 0.4) is 0 Å². The summed E-state index contributed by atoms with van der Waals surface area (Å²) in [5, 5.41) is 0. The molecule has 0 nitrogen and oxygen atoms in total. The van der Waals surface area contributed by atoms with Crippen LogP contribution in [0.15, 0.2) is 67.5 Å². The summed E-state index contributed by atoms with van der Waals surface area (Å²) < 4.78 is 0. The molecule has 5 fully saturated rings. The van der Waals surface area contributed by atoms with Crippen LogP contribution in [-0.4, -0.2) is 0 Å². The topological polar surface area (TPSA) is 0 Å². The number of hydrogen-bond acceptors (Lipinski definition) is 0. The Kier molecular flexibility index (Phi) is 7.45. The molecule has 0 aromatic carbocycles. The van der Waals surface area contributed by atoms with E-state index in [1.807, 2.05) is 0 Å². The smallest absolute Gasteiger partial charge is 0.0419 e. The standard InChI is InChI=1S/C44H64/c1-37(2)21-22-38(3,4)31(37)19-17-29-33(35-41(9,10)25-26-42(35,11)12)30(18-20-32-39(5,6)23-24-40(32,7)8)34(29)36-43(13,14)27-28-44(36,15)16/h21-28H2,1-16H3. The minimum atomic E-state index is 0.133. The van der Waals surface area contributed by atoms with E-state index in [0.717, 1.165) is 0 Å². The van der Waals surface area contributed by atoms with Crippen molar-refractivity contribution in [2.45, 2.75) is 162 Å². The Morgan fingerprint density at radius 3 is 0.727 bits per heavy atom. The molecule has 0 N–H and O–H groups in total. The number of hydrogen-bond donors (Lipinski definition) is 0. The highest BCUT2D eigenvalue weighted by Gasteiger charge is 2.52. The molecule has 5 aliphatic rings. The number of rotatable bonds is 0. The van der Waals surface area contributed by atoms with Gasteiger partial charge in [0.25, 0.3) is 0 Å². The average molecular weight is 593 g/mol. The van der Waals surface area contributed by atoms with Crippen molar-refractivity contribution >= 4 is 0 Å². The Labute approximate surface area is 272 Å². The quantitative estimate of drug-likeness (QED) is 0.245. The highest BCUT2D eigenvalue weighted by atomic mass is 14.6. The molecule has 240 valence electrons. The van der Waals surface area contributed by atoms with Crippen LogP contribution in [-0.2, 0) is 0 Å². The van der Waals surface area contributed by atoms with E-state index in [1.54, 1.807) is 11.1 Å². The summed E-state index contributed by atoms with van der Waals surface area (Å²) in [5.41, 5.74) is 28.5. The van der Waals surface area contributed by atoms with Gasteiger partial charge >= 0.3 is 0 Å². The van der Waals surface area contributed by atoms with Gasteiger partial charge in [-0.25, -0.2) is 0 Å². The summed E-state index contributed by atoms with van der Waals surface area (Å²) in [7, 11) is 0. The van der Waals surface area contributed by atoms with Crippen LogP contribution >= 0.6 is 0 Å². The van der Waals surface area contributed by atoms with Gasteiger partial charge < -0.3 is 0 Å². The van der Waals surface area contributed by atoms with Gasteiger partial charge in [0.15, 0.2) is 0 Å². The van der Waals surface area contributed by atoms with Gasteiger partial charge in [-0.3, -0.25) is 0 Å². The zero-order valence-electron chi connectivity index (χ0n) is 31.7. The molecule has 0 aliphatic heterocycles. The Morgan fingerprint density at radius 2 is 0.500 bits per heavy atom. The van der Waals surface area contributed by atoms with Gasteiger partial charge in [-0.05, 0) is 117 Å². The van der Waals surface area contributed by atoms with Gasteiger partial charge in [-0.15, -0.1) is 0 Å². The SMILES string of the molecule is CC1(C)CCC(C)(C)C1=C=C=C1C(=C2C(C)(C)CCC2(C)C)C(=C=C=C2C(C)(C)CCC2(C)C)C1=C1C(C)(C)CCC1(C)C. The summed E-state index contributed by atoms with van der Waals surface area (Å²) >= 11 is 0. The average Bonchev–Trinajstić information content (AvgIpc) is 3.39. The molecule has 44 heavy (non-hydrogen) atoms. The summed E-state index contributed by atoms with van der Waals surface area (Å²) in [4.78, 5) is 0. The van der Waals surface area contributed by atoms with Gasteiger partial charge in [-0.2, -0.15) is 0 Å². The lowest BCUT2D eigenvalue weighted by Gasteiger charge is -2.42. The minimum absolute atomic E-state index is 0.133. The van der Waals surface area contributed by atoms with E-state index in [9.17, 15) is 0 Å². The van der Waals surface area contributed by atoms with Gasteiger partial charge in [0, 0.05) is 22.3 Å². The second kappa shape index (κ2) is 9.80. The summed E-state index contributed by atoms with van der Waals surface area (Å²) in [6, 6.07) is 0. The lowest BCUT2D eigenvalue weighted by atomic mass is 9.60. The van der Waals surface area contributed by atoms with Gasteiger partial charge in [-0.1, -0.05) is 134 Å². The van der Waals surface area contributed by atoms with Crippen molar-refractivity contribution < 1.29 is 0 Å². The molecule has 0 heteroatoms. The van der Waals surface area contributed by atoms with E-state index in [1.165, 1.54) is 84.8 Å². The van der Waals surface area contributed by atoms with Crippen LogP contribution < -0.4 is 0 Å². The van der Waals surface area contributed by atoms with Gasteiger partial charge in [0.05, 0.1) is 0 Å². The Hall–Kier alpha value is -1.92. The monoisotopic (exact) mass is 593 g/mol. The van der Waals surface area contributed by atoms with Gasteiger partial charge in [0.2, 0.25) is 0 Å². The van der Waals surface area contributed by atoms with Crippen LogP contribution in [0.2, 0.25) is 0 Å². The molecule has 5 rings (SSSR count).